The number of hydrogen-bond acceptors (Lipinski definition) is 5. The fraction of sp³-hybridized carbons (Fsp3) is 0.412. The van der Waals surface area contributed by atoms with Crippen molar-refractivity contribution in [3.8, 4) is 0 Å². The molecule has 1 aromatic heterocycles. The average molecular weight is 330 g/mol. The Morgan fingerprint density at radius 1 is 1.17 bits per heavy atom. The number of anilines is 2. The number of nitrogens with zero attached hydrogens (tertiary/aromatic N) is 3. The zero-order valence-electron chi connectivity index (χ0n) is 13.8. The molecule has 0 aliphatic carbocycles. The predicted octanol–water partition coefficient (Wildman–Crippen LogP) is 2.89. The van der Waals surface area contributed by atoms with E-state index in [1.54, 1.807) is 0 Å². The number of aryl methyl sites for hydroxylation is 2. The van der Waals surface area contributed by atoms with Gasteiger partial charge in [-0.2, -0.15) is 0 Å². The first-order chi connectivity index (χ1) is 11.0. The number of likely N-dealkylation sites (N-methyl/N-ethyl adjacent to an activating group) is 1. The highest BCUT2D eigenvalue weighted by Crippen LogP contribution is 2.23. The minimum atomic E-state index is 0.0301. The summed E-state index contributed by atoms with van der Waals surface area (Å²) in [6.07, 6.45) is 0. The molecule has 1 aliphatic heterocycles. The summed E-state index contributed by atoms with van der Waals surface area (Å²) in [5.41, 5.74) is 4.04. The van der Waals surface area contributed by atoms with Gasteiger partial charge in [-0.15, -0.1) is 11.3 Å². The van der Waals surface area contributed by atoms with Crippen molar-refractivity contribution in [1.82, 2.24) is 14.8 Å². The van der Waals surface area contributed by atoms with Gasteiger partial charge in [0.25, 0.3) is 5.91 Å². The van der Waals surface area contributed by atoms with Crippen LogP contribution in [0.2, 0.25) is 0 Å². The van der Waals surface area contributed by atoms with Gasteiger partial charge in [0.05, 0.1) is 0 Å². The lowest BCUT2D eigenvalue weighted by Gasteiger charge is -2.31. The zero-order chi connectivity index (χ0) is 16.4. The van der Waals surface area contributed by atoms with E-state index in [0.717, 1.165) is 37.0 Å². The van der Waals surface area contributed by atoms with Crippen molar-refractivity contribution in [2.45, 2.75) is 13.8 Å². The molecule has 1 amide bonds. The van der Waals surface area contributed by atoms with Gasteiger partial charge in [0.2, 0.25) is 0 Å². The molecular weight excluding hydrogens is 308 g/mol. The van der Waals surface area contributed by atoms with Crippen molar-refractivity contribution < 1.29 is 4.79 Å². The van der Waals surface area contributed by atoms with Gasteiger partial charge in [0.15, 0.2) is 5.13 Å². The molecule has 1 N–H and O–H groups in total. The molecule has 6 heteroatoms. The standard InChI is InChI=1S/C17H22N4OS/c1-12-4-5-14(10-13(12)2)18-17-19-15(11-23-17)16(22)21-8-6-20(3)7-9-21/h4-5,10-11H,6-9H2,1-3H3,(H,18,19). The summed E-state index contributed by atoms with van der Waals surface area (Å²) in [6, 6.07) is 6.21. The van der Waals surface area contributed by atoms with Crippen molar-refractivity contribution in [2.24, 2.45) is 0 Å². The third-order valence-corrected chi connectivity index (χ3v) is 5.03. The summed E-state index contributed by atoms with van der Waals surface area (Å²) in [5, 5.41) is 5.88. The van der Waals surface area contributed by atoms with E-state index in [9.17, 15) is 4.79 Å². The number of thiazole rings is 1. The minimum absolute atomic E-state index is 0.0301. The van der Waals surface area contributed by atoms with Crippen LogP contribution in [0.3, 0.4) is 0 Å². The van der Waals surface area contributed by atoms with Crippen molar-refractivity contribution in [3.63, 3.8) is 0 Å². The van der Waals surface area contributed by atoms with Gasteiger partial charge in [-0.05, 0) is 44.2 Å². The normalized spacial score (nSPS) is 15.7. The third-order valence-electron chi connectivity index (χ3n) is 4.27. The summed E-state index contributed by atoms with van der Waals surface area (Å²) in [6.45, 7) is 7.56. The molecule has 0 saturated carbocycles. The van der Waals surface area contributed by atoms with Crippen LogP contribution in [0.5, 0.6) is 0 Å². The molecule has 2 heterocycles. The monoisotopic (exact) mass is 330 g/mol. The van der Waals surface area contributed by atoms with E-state index >= 15 is 0 Å². The van der Waals surface area contributed by atoms with Crippen molar-refractivity contribution in [3.05, 3.63) is 40.4 Å². The van der Waals surface area contributed by atoms with Gasteiger partial charge >= 0.3 is 0 Å². The Hall–Kier alpha value is -1.92. The molecule has 0 unspecified atom stereocenters. The molecule has 1 aliphatic rings. The maximum Gasteiger partial charge on any atom is 0.273 e. The Labute approximate surface area is 140 Å². The van der Waals surface area contributed by atoms with E-state index in [-0.39, 0.29) is 5.91 Å². The number of carbonyl (C=O) groups excluding carboxylic acids is 1. The van der Waals surface area contributed by atoms with Crippen LogP contribution in [0.4, 0.5) is 10.8 Å². The van der Waals surface area contributed by atoms with Gasteiger partial charge in [-0.25, -0.2) is 4.98 Å². The lowest BCUT2D eigenvalue weighted by atomic mass is 10.1. The number of benzene rings is 1. The van der Waals surface area contributed by atoms with E-state index < -0.39 is 0 Å². The second-order valence-electron chi connectivity index (χ2n) is 6.06. The van der Waals surface area contributed by atoms with E-state index in [1.807, 2.05) is 16.3 Å². The van der Waals surface area contributed by atoms with Crippen LogP contribution in [0.1, 0.15) is 21.6 Å². The van der Waals surface area contributed by atoms with E-state index in [2.05, 4.69) is 48.2 Å². The highest BCUT2D eigenvalue weighted by atomic mass is 32.1. The molecule has 122 valence electrons. The molecule has 0 radical (unpaired) electrons. The quantitative estimate of drug-likeness (QED) is 0.940. The number of aromatic nitrogens is 1. The lowest BCUT2D eigenvalue weighted by Crippen LogP contribution is -2.47. The maximum absolute atomic E-state index is 12.5. The summed E-state index contributed by atoms with van der Waals surface area (Å²) >= 11 is 1.47. The summed E-state index contributed by atoms with van der Waals surface area (Å²) < 4.78 is 0. The van der Waals surface area contributed by atoms with E-state index in [4.69, 9.17) is 0 Å². The molecule has 23 heavy (non-hydrogen) atoms. The Kier molecular flexibility index (Phi) is 4.63. The first-order valence-electron chi connectivity index (χ1n) is 7.80. The molecular formula is C17H22N4OS. The van der Waals surface area contributed by atoms with Crippen molar-refractivity contribution >= 4 is 28.1 Å². The molecule has 2 aromatic rings. The molecule has 0 atom stereocenters. The molecule has 5 nitrogen and oxygen atoms in total. The van der Waals surface area contributed by atoms with Crippen molar-refractivity contribution in [1.29, 1.82) is 0 Å². The van der Waals surface area contributed by atoms with Gasteiger partial charge < -0.3 is 15.1 Å². The van der Waals surface area contributed by atoms with Gasteiger partial charge in [0.1, 0.15) is 5.69 Å². The van der Waals surface area contributed by atoms with Crippen LogP contribution in [-0.4, -0.2) is 53.9 Å². The Bertz CT molecular complexity index is 704. The number of carbonyl (C=O) groups is 1. The Balaban J connectivity index is 1.67. The molecule has 0 bridgehead atoms. The van der Waals surface area contributed by atoms with Crippen molar-refractivity contribution in [2.75, 3.05) is 38.5 Å². The van der Waals surface area contributed by atoms with Crippen LogP contribution in [0, 0.1) is 13.8 Å². The fourth-order valence-electron chi connectivity index (χ4n) is 2.54. The maximum atomic E-state index is 12.5. The van der Waals surface area contributed by atoms with Crippen LogP contribution in [0.15, 0.2) is 23.6 Å². The van der Waals surface area contributed by atoms with E-state index in [1.165, 1.54) is 22.5 Å². The molecule has 3 rings (SSSR count). The fourth-order valence-corrected chi connectivity index (χ4v) is 3.25. The number of nitrogens with one attached hydrogen (secondary N) is 1. The second kappa shape index (κ2) is 6.68. The van der Waals surface area contributed by atoms with E-state index in [0.29, 0.717) is 5.69 Å². The lowest BCUT2D eigenvalue weighted by molar-refractivity contribution is 0.0659. The molecule has 0 spiro atoms. The van der Waals surface area contributed by atoms with Crippen LogP contribution in [0.25, 0.3) is 0 Å². The van der Waals surface area contributed by atoms with Crippen LogP contribution in [-0.2, 0) is 0 Å². The summed E-state index contributed by atoms with van der Waals surface area (Å²) in [4.78, 5) is 21.1. The molecule has 1 fully saturated rings. The third kappa shape index (κ3) is 3.71. The highest BCUT2D eigenvalue weighted by molar-refractivity contribution is 7.14. The molecule has 1 saturated heterocycles. The Morgan fingerprint density at radius 2 is 1.91 bits per heavy atom. The Morgan fingerprint density at radius 3 is 2.61 bits per heavy atom. The number of piperazine rings is 1. The SMILES string of the molecule is Cc1ccc(Nc2nc(C(=O)N3CCN(C)CC3)cs2)cc1C. The number of hydrogen-bond donors (Lipinski definition) is 1. The molecule has 1 aromatic carbocycles. The van der Waals surface area contributed by atoms with Gasteiger partial charge in [-0.3, -0.25) is 4.79 Å². The smallest absolute Gasteiger partial charge is 0.273 e. The predicted molar refractivity (Wildman–Crippen MR) is 94.7 cm³/mol. The van der Waals surface area contributed by atoms with Gasteiger partial charge in [-0.1, -0.05) is 6.07 Å². The summed E-state index contributed by atoms with van der Waals surface area (Å²) in [7, 11) is 2.08. The minimum Gasteiger partial charge on any atom is -0.335 e. The summed E-state index contributed by atoms with van der Waals surface area (Å²) in [5.74, 6) is 0.0301. The first-order valence-corrected chi connectivity index (χ1v) is 8.68. The van der Waals surface area contributed by atoms with Crippen LogP contribution < -0.4 is 5.32 Å². The topological polar surface area (TPSA) is 48.5 Å². The van der Waals surface area contributed by atoms with Crippen LogP contribution >= 0.6 is 11.3 Å². The number of rotatable bonds is 3. The zero-order valence-corrected chi connectivity index (χ0v) is 14.6. The number of amides is 1. The van der Waals surface area contributed by atoms with Gasteiger partial charge in [0, 0.05) is 37.2 Å². The average Bonchev–Trinajstić information content (AvgIpc) is 2.99. The largest absolute Gasteiger partial charge is 0.335 e. The first kappa shape index (κ1) is 16.0. The highest BCUT2D eigenvalue weighted by Gasteiger charge is 2.22. The second-order valence-corrected chi connectivity index (χ2v) is 6.92.